The lowest BCUT2D eigenvalue weighted by Crippen LogP contribution is -2.02. The quantitative estimate of drug-likeness (QED) is 0.375. The van der Waals surface area contributed by atoms with Crippen LogP contribution in [-0.2, 0) is 16.1 Å². The van der Waals surface area contributed by atoms with Gasteiger partial charge in [-0.25, -0.2) is 0 Å². The Labute approximate surface area is 35.2 Å². The van der Waals surface area contributed by atoms with E-state index >= 15 is 0 Å². The van der Waals surface area contributed by atoms with Crippen molar-refractivity contribution in [3.05, 3.63) is 0 Å². The summed E-state index contributed by atoms with van der Waals surface area (Å²) >= 11 is 0.402. The fourth-order valence-electron chi connectivity index (χ4n) is 0.0589. The van der Waals surface area contributed by atoms with E-state index in [1.165, 1.54) is 0 Å². The molecule has 0 saturated carbocycles. The van der Waals surface area contributed by atoms with E-state index in [1.54, 1.807) is 0 Å². The van der Waals surface area contributed by atoms with E-state index in [2.05, 4.69) is 4.72 Å². The van der Waals surface area contributed by atoms with Gasteiger partial charge in [-0.1, -0.05) is 0 Å². The maximum absolute atomic E-state index is 9.34. The second-order valence-corrected chi connectivity index (χ2v) is 1.04. The molecule has 0 aromatic rings. The van der Waals surface area contributed by atoms with Gasteiger partial charge in [-0.05, 0) is 11.6 Å². The smallest absolute Gasteiger partial charge is 0.0476 e. The van der Waals surface area contributed by atoms with Crippen LogP contribution in [-0.4, -0.2) is 6.54 Å². The fraction of sp³-hybridized carbons (Fsp3) is 1.00. The van der Waals surface area contributed by atoms with Gasteiger partial charge in [-0.3, -0.25) is 0 Å². The van der Waals surface area contributed by atoms with Crippen molar-refractivity contribution in [2.45, 2.75) is 6.92 Å². The number of hydrogen-bond acceptors (Lipinski definition) is 1. The standard InChI is InChI=1S/C2H6NOS/c1-2-3-5-4/h2H2,1H3,(H,3,4)/q+1. The first kappa shape index (κ1) is 4.98. The van der Waals surface area contributed by atoms with Crippen LogP contribution in [0.5, 0.6) is 0 Å². The minimum atomic E-state index is 0.402. The third kappa shape index (κ3) is 3.98. The molecule has 0 aromatic heterocycles. The first-order chi connectivity index (χ1) is 2.41. The van der Waals surface area contributed by atoms with E-state index < -0.39 is 0 Å². The molecule has 0 aliphatic carbocycles. The van der Waals surface area contributed by atoms with Crippen molar-refractivity contribution in [1.29, 1.82) is 0 Å². The van der Waals surface area contributed by atoms with Gasteiger partial charge in [0, 0.05) is 0 Å². The molecule has 2 nitrogen and oxygen atoms in total. The summed E-state index contributed by atoms with van der Waals surface area (Å²) in [5, 5.41) is 0. The Kier molecular flexibility index (Phi) is 3.96. The molecule has 0 spiro atoms. The van der Waals surface area contributed by atoms with Crippen molar-refractivity contribution in [3.8, 4) is 0 Å². The monoisotopic (exact) mass is 92.0 g/mol. The Bertz CT molecular complexity index is 30.8. The molecule has 0 bridgehead atoms. The molecule has 0 atom stereocenters. The minimum absolute atomic E-state index is 0.402. The predicted molar refractivity (Wildman–Crippen MR) is 21.7 cm³/mol. The largest absolute Gasteiger partial charge is 0.587 e. The summed E-state index contributed by atoms with van der Waals surface area (Å²) in [6.07, 6.45) is 0. The van der Waals surface area contributed by atoms with E-state index in [4.69, 9.17) is 0 Å². The molecule has 0 aromatic carbocycles. The van der Waals surface area contributed by atoms with Crippen LogP contribution in [0.1, 0.15) is 6.92 Å². The van der Waals surface area contributed by atoms with E-state index in [0.717, 1.165) is 6.54 Å². The van der Waals surface area contributed by atoms with Gasteiger partial charge in [0.25, 0.3) is 0 Å². The van der Waals surface area contributed by atoms with Crippen molar-refractivity contribution in [1.82, 2.24) is 4.72 Å². The maximum Gasteiger partial charge on any atom is 0.587 e. The zero-order valence-corrected chi connectivity index (χ0v) is 3.84. The van der Waals surface area contributed by atoms with Gasteiger partial charge in [0.05, 0.1) is 10.8 Å². The lowest BCUT2D eigenvalue weighted by atomic mass is 10.8. The molecule has 0 unspecified atom stereocenters. The van der Waals surface area contributed by atoms with Crippen molar-refractivity contribution in [3.63, 3.8) is 0 Å². The summed E-state index contributed by atoms with van der Waals surface area (Å²) in [6.45, 7) is 2.62. The van der Waals surface area contributed by atoms with E-state index in [1.807, 2.05) is 6.92 Å². The van der Waals surface area contributed by atoms with Crippen molar-refractivity contribution < 1.29 is 4.21 Å². The van der Waals surface area contributed by atoms with Crippen LogP contribution < -0.4 is 4.72 Å². The number of rotatable bonds is 2. The fourth-order valence-corrected chi connectivity index (χ4v) is 0.177. The highest BCUT2D eigenvalue weighted by Crippen LogP contribution is 1.42. The van der Waals surface area contributed by atoms with Crippen molar-refractivity contribution in [2.24, 2.45) is 0 Å². The molecule has 0 saturated heterocycles. The van der Waals surface area contributed by atoms with E-state index in [9.17, 15) is 4.21 Å². The Morgan fingerprint density at radius 3 is 2.60 bits per heavy atom. The molecule has 0 amide bonds. The van der Waals surface area contributed by atoms with Crippen LogP contribution >= 0.6 is 0 Å². The van der Waals surface area contributed by atoms with Crippen LogP contribution in [0.2, 0.25) is 0 Å². The number of hydrogen-bond donors (Lipinski definition) is 1. The summed E-state index contributed by atoms with van der Waals surface area (Å²) in [5.74, 6) is 0. The first-order valence-corrected chi connectivity index (χ1v) is 2.17. The van der Waals surface area contributed by atoms with Crippen LogP contribution in [0.4, 0.5) is 0 Å². The normalized spacial score (nSPS) is 7.40. The Hall–Kier alpha value is -0.0200. The van der Waals surface area contributed by atoms with E-state index in [-0.39, 0.29) is 0 Å². The van der Waals surface area contributed by atoms with Gasteiger partial charge in [-0.15, -0.1) is 0 Å². The maximum atomic E-state index is 9.34. The highest BCUT2D eigenvalue weighted by Gasteiger charge is 1.83. The molecule has 0 heterocycles. The molecule has 0 fully saturated rings. The van der Waals surface area contributed by atoms with Gasteiger partial charge in [0.1, 0.15) is 0 Å². The lowest BCUT2D eigenvalue weighted by Gasteiger charge is -1.58. The molecule has 30 valence electrons. The molecule has 5 heavy (non-hydrogen) atoms. The van der Waals surface area contributed by atoms with Gasteiger partial charge in [-0.2, -0.15) is 0 Å². The lowest BCUT2D eigenvalue weighted by molar-refractivity contribution is 0.599. The summed E-state index contributed by atoms with van der Waals surface area (Å²) in [4.78, 5) is 0. The molecular weight excluding hydrogens is 86.1 g/mol. The van der Waals surface area contributed by atoms with Gasteiger partial charge in [0.15, 0.2) is 0 Å². The van der Waals surface area contributed by atoms with Gasteiger partial charge in [0.2, 0.25) is 0 Å². The molecular formula is C2H6NOS+. The highest BCUT2D eigenvalue weighted by atomic mass is 32.2. The average molecular weight is 92.1 g/mol. The Morgan fingerprint density at radius 2 is 2.60 bits per heavy atom. The summed E-state index contributed by atoms with van der Waals surface area (Å²) < 4.78 is 11.8. The van der Waals surface area contributed by atoms with Crippen LogP contribution in [0, 0.1) is 0 Å². The molecule has 3 heteroatoms. The average Bonchev–Trinajstić information content (AvgIpc) is 1.41. The number of nitrogens with one attached hydrogen (secondary N) is 1. The third-order valence-electron chi connectivity index (χ3n) is 0.203. The molecule has 0 aliphatic heterocycles. The Balaban J connectivity index is 2.40. The summed E-state index contributed by atoms with van der Waals surface area (Å²) in [7, 11) is 0. The minimum Gasteiger partial charge on any atom is -0.0476 e. The highest BCUT2D eigenvalue weighted by molar-refractivity contribution is 7.63. The topological polar surface area (TPSA) is 29.1 Å². The SMILES string of the molecule is CCN[S+]=O. The summed E-state index contributed by atoms with van der Waals surface area (Å²) in [6, 6.07) is 0. The predicted octanol–water partition coefficient (Wildman–Crippen LogP) is -0.0610. The van der Waals surface area contributed by atoms with Crippen LogP contribution in [0.3, 0.4) is 0 Å². The van der Waals surface area contributed by atoms with Crippen LogP contribution in [0.25, 0.3) is 0 Å². The molecule has 0 aliphatic rings. The zero-order valence-electron chi connectivity index (χ0n) is 3.02. The van der Waals surface area contributed by atoms with Crippen molar-refractivity contribution in [2.75, 3.05) is 6.54 Å². The second-order valence-electron chi connectivity index (χ2n) is 0.581. The van der Waals surface area contributed by atoms with Crippen LogP contribution in [0.15, 0.2) is 0 Å². The van der Waals surface area contributed by atoms with Gasteiger partial charge < -0.3 is 0 Å². The zero-order chi connectivity index (χ0) is 4.12. The molecule has 0 radical (unpaired) electrons. The first-order valence-electron chi connectivity index (χ1n) is 1.43. The van der Waals surface area contributed by atoms with Crippen molar-refractivity contribution >= 4 is 11.9 Å². The second kappa shape index (κ2) is 3.98. The van der Waals surface area contributed by atoms with E-state index in [0.29, 0.717) is 11.9 Å². The molecule has 1 N–H and O–H groups in total. The Morgan fingerprint density at radius 1 is 2.00 bits per heavy atom. The van der Waals surface area contributed by atoms with Gasteiger partial charge >= 0.3 is 11.9 Å². The summed E-state index contributed by atoms with van der Waals surface area (Å²) in [5.41, 5.74) is 0. The molecule has 0 rings (SSSR count). The third-order valence-corrected chi connectivity index (χ3v) is 0.610.